The summed E-state index contributed by atoms with van der Waals surface area (Å²) >= 11 is 0. The third kappa shape index (κ3) is 4.27. The van der Waals surface area contributed by atoms with E-state index in [4.69, 9.17) is 18.9 Å². The van der Waals surface area contributed by atoms with Gasteiger partial charge in [-0.2, -0.15) is 0 Å². The second kappa shape index (κ2) is 8.28. The third-order valence-corrected chi connectivity index (χ3v) is 4.61. The second-order valence-electron chi connectivity index (χ2n) is 6.76. The van der Waals surface area contributed by atoms with Crippen LogP contribution in [-0.2, 0) is 19.1 Å². The van der Waals surface area contributed by atoms with Crippen LogP contribution in [0.3, 0.4) is 0 Å². The summed E-state index contributed by atoms with van der Waals surface area (Å²) in [6, 6.07) is 12.9. The zero-order valence-electron chi connectivity index (χ0n) is 16.6. The van der Waals surface area contributed by atoms with Gasteiger partial charge in [0.2, 0.25) is 12.7 Å². The summed E-state index contributed by atoms with van der Waals surface area (Å²) in [6.45, 7) is 2.46. The number of anilines is 1. The van der Waals surface area contributed by atoms with Gasteiger partial charge in [0.1, 0.15) is 6.61 Å². The summed E-state index contributed by atoms with van der Waals surface area (Å²) in [4.78, 5) is 29.4. The first-order chi connectivity index (χ1) is 14.5. The molecule has 2 aliphatic rings. The van der Waals surface area contributed by atoms with Gasteiger partial charge in [0.05, 0.1) is 6.54 Å². The van der Waals surface area contributed by atoms with Gasteiger partial charge in [-0.1, -0.05) is 12.1 Å². The molecule has 0 radical (unpaired) electrons. The molecule has 2 aromatic carbocycles. The minimum absolute atomic E-state index is 0.172. The van der Waals surface area contributed by atoms with Crippen LogP contribution in [0.15, 0.2) is 53.2 Å². The monoisotopic (exact) mass is 408 g/mol. The summed E-state index contributed by atoms with van der Waals surface area (Å²) in [5.41, 5.74) is 2.64. The average molecular weight is 408 g/mol. The highest BCUT2D eigenvalue weighted by Gasteiger charge is 2.25. The van der Waals surface area contributed by atoms with Crippen molar-refractivity contribution in [3.8, 4) is 11.5 Å². The van der Waals surface area contributed by atoms with E-state index in [0.717, 1.165) is 11.3 Å². The number of aliphatic imine (C=N–C) groups is 1. The van der Waals surface area contributed by atoms with Crippen molar-refractivity contribution in [1.82, 2.24) is 0 Å². The van der Waals surface area contributed by atoms with E-state index in [1.807, 2.05) is 36.2 Å². The Balaban J connectivity index is 1.46. The fourth-order valence-corrected chi connectivity index (χ4v) is 3.00. The minimum Gasteiger partial charge on any atom is -0.464 e. The van der Waals surface area contributed by atoms with E-state index < -0.39 is 5.97 Å². The van der Waals surface area contributed by atoms with Crippen molar-refractivity contribution in [1.29, 1.82) is 0 Å². The highest BCUT2D eigenvalue weighted by Crippen LogP contribution is 2.33. The Morgan fingerprint density at radius 3 is 2.70 bits per heavy atom. The van der Waals surface area contributed by atoms with E-state index in [1.54, 1.807) is 24.3 Å². The van der Waals surface area contributed by atoms with Crippen molar-refractivity contribution in [2.24, 2.45) is 4.99 Å². The van der Waals surface area contributed by atoms with Gasteiger partial charge in [0.15, 0.2) is 17.2 Å². The lowest BCUT2D eigenvalue weighted by Gasteiger charge is -2.19. The summed E-state index contributed by atoms with van der Waals surface area (Å²) in [6.07, 6.45) is 1.67. The van der Waals surface area contributed by atoms with Crippen LogP contribution in [0.1, 0.15) is 18.1 Å². The van der Waals surface area contributed by atoms with Crippen LogP contribution in [0.4, 0.5) is 5.69 Å². The Kier molecular flexibility index (Phi) is 5.38. The van der Waals surface area contributed by atoms with Gasteiger partial charge in [-0.25, -0.2) is 9.79 Å². The first kappa shape index (κ1) is 19.5. The minimum atomic E-state index is -0.509. The molecule has 4 rings (SSSR count). The third-order valence-electron chi connectivity index (χ3n) is 4.61. The largest absolute Gasteiger partial charge is 0.464 e. The molecule has 2 heterocycles. The Labute approximate surface area is 173 Å². The Morgan fingerprint density at radius 1 is 1.17 bits per heavy atom. The van der Waals surface area contributed by atoms with E-state index in [2.05, 4.69) is 4.99 Å². The predicted octanol–water partition coefficient (Wildman–Crippen LogP) is 2.76. The summed E-state index contributed by atoms with van der Waals surface area (Å²) < 4.78 is 20.9. The Morgan fingerprint density at radius 2 is 1.93 bits per heavy atom. The number of esters is 2. The molecule has 0 aromatic heterocycles. The first-order valence-electron chi connectivity index (χ1n) is 9.37. The number of rotatable bonds is 6. The van der Waals surface area contributed by atoms with Crippen LogP contribution in [-0.4, -0.2) is 44.8 Å². The normalized spacial score (nSPS) is 15.7. The smallest absolute Gasteiger partial charge is 0.363 e. The number of nitrogens with zero attached hydrogens (tertiary/aromatic N) is 2. The van der Waals surface area contributed by atoms with E-state index in [-0.39, 0.29) is 24.4 Å². The van der Waals surface area contributed by atoms with Crippen LogP contribution in [0.2, 0.25) is 0 Å². The zero-order chi connectivity index (χ0) is 21.1. The molecule has 0 aliphatic carbocycles. The van der Waals surface area contributed by atoms with Gasteiger partial charge in [-0.15, -0.1) is 0 Å². The molecular formula is C22H20N2O6. The lowest BCUT2D eigenvalue weighted by Crippen LogP contribution is -2.23. The highest BCUT2D eigenvalue weighted by atomic mass is 16.7. The van der Waals surface area contributed by atoms with Gasteiger partial charge in [0.25, 0.3) is 0 Å². The molecule has 0 unspecified atom stereocenters. The van der Waals surface area contributed by atoms with Gasteiger partial charge in [-0.05, 0) is 42.0 Å². The molecule has 0 saturated heterocycles. The average Bonchev–Trinajstić information content (AvgIpc) is 3.34. The maximum Gasteiger partial charge on any atom is 0.363 e. The summed E-state index contributed by atoms with van der Waals surface area (Å²) in [5.74, 6) is 0.667. The molecule has 154 valence electrons. The fraction of sp³-hybridized carbons (Fsp3) is 0.227. The van der Waals surface area contributed by atoms with Crippen LogP contribution < -0.4 is 14.4 Å². The molecule has 8 nitrogen and oxygen atoms in total. The molecule has 8 heteroatoms. The second-order valence-corrected chi connectivity index (χ2v) is 6.76. The van der Waals surface area contributed by atoms with Gasteiger partial charge < -0.3 is 23.8 Å². The Bertz CT molecular complexity index is 1040. The van der Waals surface area contributed by atoms with Crippen LogP contribution in [0.25, 0.3) is 6.08 Å². The number of fused-ring (bicyclic) bond motifs is 1. The standard InChI is InChI=1S/C22H20N2O6/c1-14(25)27-10-9-24(2)17-6-3-15(4-7-17)11-18-22(26)30-21(23-18)16-5-8-19-20(12-16)29-13-28-19/h3-8,11-12H,9-10,13H2,1-2H3/b18-11-. The number of carbonyl (C=O) groups is 2. The van der Waals surface area contributed by atoms with E-state index in [0.29, 0.717) is 30.2 Å². The van der Waals surface area contributed by atoms with Crippen LogP contribution >= 0.6 is 0 Å². The number of carbonyl (C=O) groups excluding carboxylic acids is 2. The number of likely N-dealkylation sites (N-methyl/N-ethyl adjacent to an activating group) is 1. The summed E-state index contributed by atoms with van der Waals surface area (Å²) in [7, 11) is 1.91. The maximum atomic E-state index is 12.2. The topological polar surface area (TPSA) is 86.7 Å². The van der Waals surface area contributed by atoms with E-state index in [1.165, 1.54) is 6.92 Å². The number of cyclic esters (lactones) is 1. The van der Waals surface area contributed by atoms with Crippen molar-refractivity contribution in [2.75, 3.05) is 31.9 Å². The number of benzene rings is 2. The molecule has 0 amide bonds. The van der Waals surface area contributed by atoms with E-state index >= 15 is 0 Å². The van der Waals surface area contributed by atoms with Crippen LogP contribution in [0.5, 0.6) is 11.5 Å². The number of hydrogen-bond acceptors (Lipinski definition) is 8. The molecular weight excluding hydrogens is 388 g/mol. The molecule has 0 fully saturated rings. The lowest BCUT2D eigenvalue weighted by atomic mass is 10.1. The molecule has 0 bridgehead atoms. The van der Waals surface area contributed by atoms with Crippen molar-refractivity contribution in [3.05, 3.63) is 59.3 Å². The van der Waals surface area contributed by atoms with Gasteiger partial charge in [0, 0.05) is 25.2 Å². The van der Waals surface area contributed by atoms with Gasteiger partial charge >= 0.3 is 11.9 Å². The van der Waals surface area contributed by atoms with Crippen molar-refractivity contribution in [2.45, 2.75) is 6.92 Å². The molecule has 2 aliphatic heterocycles. The quantitative estimate of drug-likeness (QED) is 0.537. The van der Waals surface area contributed by atoms with Crippen LogP contribution in [0, 0.1) is 0 Å². The van der Waals surface area contributed by atoms with Crippen molar-refractivity contribution in [3.63, 3.8) is 0 Å². The fourth-order valence-electron chi connectivity index (χ4n) is 3.00. The zero-order valence-corrected chi connectivity index (χ0v) is 16.6. The molecule has 0 saturated carbocycles. The lowest BCUT2D eigenvalue weighted by molar-refractivity contribution is -0.140. The highest BCUT2D eigenvalue weighted by molar-refractivity contribution is 6.13. The van der Waals surface area contributed by atoms with E-state index in [9.17, 15) is 9.59 Å². The molecule has 0 spiro atoms. The summed E-state index contributed by atoms with van der Waals surface area (Å²) in [5, 5.41) is 0. The van der Waals surface area contributed by atoms with Crippen molar-refractivity contribution < 1.29 is 28.5 Å². The number of hydrogen-bond donors (Lipinski definition) is 0. The SMILES string of the molecule is CC(=O)OCCN(C)c1ccc(/C=C2\N=C(c3ccc4c(c3)OCO4)OC2=O)cc1. The molecule has 2 aromatic rings. The molecule has 0 N–H and O–H groups in total. The maximum absolute atomic E-state index is 12.2. The molecule has 30 heavy (non-hydrogen) atoms. The van der Waals surface area contributed by atoms with Gasteiger partial charge in [-0.3, -0.25) is 4.79 Å². The van der Waals surface area contributed by atoms with Crippen molar-refractivity contribution >= 4 is 29.6 Å². The number of ether oxygens (including phenoxy) is 4. The molecule has 0 atom stereocenters. The predicted molar refractivity (Wildman–Crippen MR) is 110 cm³/mol. The first-order valence-corrected chi connectivity index (χ1v) is 9.37. The Hall–Kier alpha value is -3.81.